The second-order valence-electron chi connectivity index (χ2n) is 6.24. The van der Waals surface area contributed by atoms with Gasteiger partial charge in [-0.05, 0) is 30.4 Å². The number of carbonyl (C=O) groups is 1. The number of allylic oxidation sites excluding steroid dienone is 2. The third-order valence-corrected chi connectivity index (χ3v) is 4.55. The lowest BCUT2D eigenvalue weighted by Crippen LogP contribution is -2.33. The van der Waals surface area contributed by atoms with Crippen LogP contribution in [0.15, 0.2) is 41.9 Å². The molecule has 0 fully saturated rings. The number of fused-ring (bicyclic) bond motifs is 1. The molecule has 4 rings (SSSR count). The fraction of sp³-hybridized carbons (Fsp3) is 0.353. The number of hydrogen-bond acceptors (Lipinski definition) is 4. The number of rotatable bonds is 1. The molecule has 112 valence electrons. The first-order valence-corrected chi connectivity index (χ1v) is 7.63. The highest BCUT2D eigenvalue weighted by Crippen LogP contribution is 2.41. The number of hydrogen-bond donors (Lipinski definition) is 1. The highest BCUT2D eigenvalue weighted by atomic mass is 16.1. The summed E-state index contributed by atoms with van der Waals surface area (Å²) < 4.78 is 1.83. The van der Waals surface area contributed by atoms with Crippen LogP contribution in [0.4, 0.5) is 5.95 Å². The van der Waals surface area contributed by atoms with Crippen LogP contribution in [0, 0.1) is 12.8 Å². The van der Waals surface area contributed by atoms with E-state index in [1.807, 2.05) is 16.8 Å². The molecule has 22 heavy (non-hydrogen) atoms. The van der Waals surface area contributed by atoms with Gasteiger partial charge in [0.1, 0.15) is 12.4 Å². The number of carbonyl (C=O) groups excluding carboxylic acids is 1. The van der Waals surface area contributed by atoms with Crippen molar-refractivity contribution in [3.05, 3.63) is 53.0 Å². The molecule has 1 N–H and O–H groups in total. The number of benzene rings is 1. The van der Waals surface area contributed by atoms with E-state index in [0.29, 0.717) is 18.3 Å². The normalized spacial score (nSPS) is 23.8. The van der Waals surface area contributed by atoms with Gasteiger partial charge < -0.3 is 5.32 Å². The smallest absolute Gasteiger partial charge is 0.226 e. The van der Waals surface area contributed by atoms with Gasteiger partial charge in [-0.15, -0.1) is 0 Å². The Morgan fingerprint density at radius 1 is 1.27 bits per heavy atom. The molecular formula is C17H18N4O. The molecule has 1 aromatic heterocycles. The number of aryl methyl sites for hydroxylation is 1. The predicted octanol–water partition coefficient (Wildman–Crippen LogP) is 2.85. The molecule has 0 saturated carbocycles. The van der Waals surface area contributed by atoms with Gasteiger partial charge in [0.2, 0.25) is 5.95 Å². The fourth-order valence-electron chi connectivity index (χ4n) is 3.53. The number of nitrogens with zero attached hydrogens (tertiary/aromatic N) is 3. The Balaban J connectivity index is 1.94. The second kappa shape index (κ2) is 4.80. The van der Waals surface area contributed by atoms with Crippen molar-refractivity contribution in [2.75, 3.05) is 5.32 Å². The van der Waals surface area contributed by atoms with Crippen LogP contribution in [0.2, 0.25) is 0 Å². The SMILES string of the molecule is Cc1ccccc1[C@H]1C2=C(C[C@@H](C)CC2=O)Nc2ncnn21. The lowest BCUT2D eigenvalue weighted by molar-refractivity contribution is -0.117. The first-order chi connectivity index (χ1) is 10.6. The minimum Gasteiger partial charge on any atom is -0.328 e. The van der Waals surface area contributed by atoms with E-state index in [1.54, 1.807) is 6.33 Å². The fourth-order valence-corrected chi connectivity index (χ4v) is 3.53. The largest absolute Gasteiger partial charge is 0.328 e. The predicted molar refractivity (Wildman–Crippen MR) is 83.4 cm³/mol. The summed E-state index contributed by atoms with van der Waals surface area (Å²) in [5.74, 6) is 1.30. The number of nitrogens with one attached hydrogen (secondary N) is 1. The van der Waals surface area contributed by atoms with Gasteiger partial charge in [0, 0.05) is 17.7 Å². The molecule has 2 aliphatic rings. The summed E-state index contributed by atoms with van der Waals surface area (Å²) in [7, 11) is 0. The van der Waals surface area contributed by atoms with Crippen LogP contribution in [0.25, 0.3) is 0 Å². The van der Waals surface area contributed by atoms with Gasteiger partial charge in [0.25, 0.3) is 0 Å². The third-order valence-electron chi connectivity index (χ3n) is 4.55. The van der Waals surface area contributed by atoms with Gasteiger partial charge >= 0.3 is 0 Å². The number of ketones is 1. The maximum absolute atomic E-state index is 12.7. The molecule has 5 heteroatoms. The third kappa shape index (κ3) is 1.89. The molecule has 0 unspecified atom stereocenters. The standard InChI is InChI=1S/C17H18N4O/c1-10-7-13-15(14(22)8-10)16(12-6-4-3-5-11(12)2)21-17(20-13)18-9-19-21/h3-6,9-10,16H,7-8H2,1-2H3,(H,18,19,20)/t10-,16+/m1/s1. The van der Waals surface area contributed by atoms with E-state index in [0.717, 1.165) is 28.8 Å². The van der Waals surface area contributed by atoms with E-state index >= 15 is 0 Å². The molecule has 1 aliphatic carbocycles. The molecule has 2 aromatic rings. The molecule has 0 spiro atoms. The van der Waals surface area contributed by atoms with Gasteiger partial charge in [0.05, 0.1) is 0 Å². The summed E-state index contributed by atoms with van der Waals surface area (Å²) in [6.45, 7) is 4.19. The molecule has 0 radical (unpaired) electrons. The van der Waals surface area contributed by atoms with E-state index in [-0.39, 0.29) is 11.8 Å². The minimum atomic E-state index is -0.171. The van der Waals surface area contributed by atoms with Crippen molar-refractivity contribution in [1.29, 1.82) is 0 Å². The summed E-state index contributed by atoms with van der Waals surface area (Å²) in [6, 6.07) is 8.01. The van der Waals surface area contributed by atoms with Crippen LogP contribution in [0.1, 0.15) is 36.9 Å². The van der Waals surface area contributed by atoms with Crippen LogP contribution in [-0.2, 0) is 4.79 Å². The van der Waals surface area contributed by atoms with Crippen LogP contribution in [0.3, 0.4) is 0 Å². The molecule has 5 nitrogen and oxygen atoms in total. The molecule has 0 amide bonds. The second-order valence-corrected chi connectivity index (χ2v) is 6.24. The first-order valence-electron chi connectivity index (χ1n) is 7.63. The van der Waals surface area contributed by atoms with Gasteiger partial charge in [-0.25, -0.2) is 4.68 Å². The van der Waals surface area contributed by atoms with Crippen LogP contribution in [0.5, 0.6) is 0 Å². The molecule has 2 heterocycles. The zero-order valence-electron chi connectivity index (χ0n) is 12.7. The highest BCUT2D eigenvalue weighted by Gasteiger charge is 2.38. The zero-order chi connectivity index (χ0) is 15.3. The summed E-state index contributed by atoms with van der Waals surface area (Å²) in [4.78, 5) is 17.0. The minimum absolute atomic E-state index is 0.171. The van der Waals surface area contributed by atoms with Crippen LogP contribution >= 0.6 is 0 Å². The Morgan fingerprint density at radius 3 is 2.91 bits per heavy atom. The van der Waals surface area contributed by atoms with Crippen molar-refractivity contribution in [3.8, 4) is 0 Å². The molecule has 0 saturated heterocycles. The Morgan fingerprint density at radius 2 is 2.09 bits per heavy atom. The van der Waals surface area contributed by atoms with Gasteiger partial charge in [-0.3, -0.25) is 4.79 Å². The quantitative estimate of drug-likeness (QED) is 0.878. The lowest BCUT2D eigenvalue weighted by atomic mass is 9.80. The van der Waals surface area contributed by atoms with Crippen LogP contribution in [-0.4, -0.2) is 20.5 Å². The van der Waals surface area contributed by atoms with E-state index in [2.05, 4.69) is 41.4 Å². The van der Waals surface area contributed by atoms with Crippen molar-refractivity contribution >= 4 is 11.7 Å². The van der Waals surface area contributed by atoms with Crippen molar-refractivity contribution in [2.24, 2.45) is 5.92 Å². The van der Waals surface area contributed by atoms with Crippen LogP contribution < -0.4 is 5.32 Å². The van der Waals surface area contributed by atoms with Crippen molar-refractivity contribution in [3.63, 3.8) is 0 Å². The Kier molecular flexibility index (Phi) is 2.89. The van der Waals surface area contributed by atoms with E-state index in [4.69, 9.17) is 0 Å². The Bertz CT molecular complexity index is 789. The van der Waals surface area contributed by atoms with Crippen molar-refractivity contribution in [1.82, 2.24) is 14.8 Å². The molecule has 1 aliphatic heterocycles. The zero-order valence-corrected chi connectivity index (χ0v) is 12.7. The average molecular weight is 294 g/mol. The van der Waals surface area contributed by atoms with Gasteiger partial charge in [-0.2, -0.15) is 10.1 Å². The monoisotopic (exact) mass is 294 g/mol. The summed E-state index contributed by atoms with van der Waals surface area (Å²) in [6.07, 6.45) is 3.03. The number of anilines is 1. The Hall–Kier alpha value is -2.43. The maximum Gasteiger partial charge on any atom is 0.226 e. The van der Waals surface area contributed by atoms with Crippen molar-refractivity contribution < 1.29 is 4.79 Å². The van der Waals surface area contributed by atoms with Gasteiger partial charge in [-0.1, -0.05) is 31.2 Å². The highest BCUT2D eigenvalue weighted by molar-refractivity contribution is 5.99. The van der Waals surface area contributed by atoms with Gasteiger partial charge in [0.15, 0.2) is 5.78 Å². The van der Waals surface area contributed by atoms with E-state index in [1.165, 1.54) is 0 Å². The Labute approximate surface area is 129 Å². The summed E-state index contributed by atoms with van der Waals surface area (Å²) >= 11 is 0. The molecular weight excluding hydrogens is 276 g/mol. The summed E-state index contributed by atoms with van der Waals surface area (Å²) in [5.41, 5.74) is 4.14. The molecule has 2 atom stereocenters. The molecule has 0 bridgehead atoms. The number of Topliss-reactive ketones (excluding diaryl/α,β-unsaturated/α-hetero) is 1. The van der Waals surface area contributed by atoms with E-state index < -0.39 is 0 Å². The number of aromatic nitrogens is 3. The van der Waals surface area contributed by atoms with Crippen molar-refractivity contribution in [2.45, 2.75) is 32.7 Å². The maximum atomic E-state index is 12.7. The average Bonchev–Trinajstić information content (AvgIpc) is 2.93. The summed E-state index contributed by atoms with van der Waals surface area (Å²) in [5, 5.41) is 7.66. The van der Waals surface area contributed by atoms with E-state index in [9.17, 15) is 4.79 Å². The topological polar surface area (TPSA) is 59.8 Å². The first kappa shape index (κ1) is 13.2. The lowest BCUT2D eigenvalue weighted by Gasteiger charge is -2.34. The molecule has 1 aromatic carbocycles.